The molecule has 0 atom stereocenters. The van der Waals surface area contributed by atoms with Crippen molar-refractivity contribution in [1.29, 1.82) is 5.26 Å². The van der Waals surface area contributed by atoms with E-state index in [1.165, 1.54) is 0 Å². The minimum atomic E-state index is -0.270. The molecular weight excluding hydrogens is 262 g/mol. The van der Waals surface area contributed by atoms with Crippen LogP contribution in [0.2, 0.25) is 0 Å². The lowest BCUT2D eigenvalue weighted by atomic mass is 9.90. The minimum absolute atomic E-state index is 0.270. The summed E-state index contributed by atoms with van der Waals surface area (Å²) in [7, 11) is 0. The molecule has 21 heavy (non-hydrogen) atoms. The lowest BCUT2D eigenvalue weighted by Gasteiger charge is -2.14. The highest BCUT2D eigenvalue weighted by molar-refractivity contribution is 5.19. The summed E-state index contributed by atoms with van der Waals surface area (Å²) < 4.78 is 5.65. The molecule has 0 saturated heterocycles. The predicted octanol–water partition coefficient (Wildman–Crippen LogP) is 3.54. The van der Waals surface area contributed by atoms with Crippen molar-refractivity contribution in [3.8, 4) is 11.8 Å². The van der Waals surface area contributed by atoms with Crippen LogP contribution >= 0.6 is 0 Å². The first-order chi connectivity index (χ1) is 9.93. The summed E-state index contributed by atoms with van der Waals surface area (Å²) in [5.74, 6) is 1.43. The Balaban J connectivity index is 2.27. The molecule has 0 bridgehead atoms. The maximum atomic E-state index is 8.94. The molecule has 1 aromatic rings. The topological polar surface area (TPSA) is 57.9 Å². The Morgan fingerprint density at radius 3 is 2.71 bits per heavy atom. The smallest absolute Gasteiger partial charge is 0.137 e. The van der Waals surface area contributed by atoms with Gasteiger partial charge in [0.25, 0.3) is 0 Å². The van der Waals surface area contributed by atoms with E-state index in [0.29, 0.717) is 12.5 Å². The predicted molar refractivity (Wildman–Crippen MR) is 84.9 cm³/mol. The first-order valence-electron chi connectivity index (χ1n) is 7.62. The van der Waals surface area contributed by atoms with E-state index in [-0.39, 0.29) is 5.41 Å². The number of hydrogen-bond acceptors (Lipinski definition) is 4. The molecule has 0 aromatic carbocycles. The van der Waals surface area contributed by atoms with Gasteiger partial charge in [-0.15, -0.1) is 0 Å². The number of hydrogen-bond donors (Lipinski definition) is 1. The SMILES string of the molecule is CC(C)CNCc1ccc(OCCCC(C)(C)C#N)cn1. The van der Waals surface area contributed by atoms with Crippen molar-refractivity contribution in [2.75, 3.05) is 13.2 Å². The molecule has 116 valence electrons. The summed E-state index contributed by atoms with van der Waals surface area (Å²) in [6, 6.07) is 6.24. The van der Waals surface area contributed by atoms with E-state index < -0.39 is 0 Å². The monoisotopic (exact) mass is 289 g/mol. The highest BCUT2D eigenvalue weighted by Gasteiger charge is 2.15. The normalized spacial score (nSPS) is 11.4. The second-order valence-electron chi connectivity index (χ2n) is 6.46. The summed E-state index contributed by atoms with van der Waals surface area (Å²) in [5.41, 5.74) is 0.752. The summed E-state index contributed by atoms with van der Waals surface area (Å²) in [6.07, 6.45) is 3.48. The van der Waals surface area contributed by atoms with Gasteiger partial charge in [0, 0.05) is 6.54 Å². The van der Waals surface area contributed by atoms with E-state index in [0.717, 1.165) is 37.4 Å². The molecule has 0 fully saturated rings. The maximum Gasteiger partial charge on any atom is 0.137 e. The number of nitrogens with zero attached hydrogens (tertiary/aromatic N) is 2. The van der Waals surface area contributed by atoms with Gasteiger partial charge in [-0.1, -0.05) is 13.8 Å². The molecule has 0 aliphatic carbocycles. The van der Waals surface area contributed by atoms with Crippen molar-refractivity contribution in [1.82, 2.24) is 10.3 Å². The molecule has 4 nitrogen and oxygen atoms in total. The van der Waals surface area contributed by atoms with E-state index in [1.54, 1.807) is 6.20 Å². The Morgan fingerprint density at radius 2 is 2.14 bits per heavy atom. The maximum absolute atomic E-state index is 8.94. The van der Waals surface area contributed by atoms with Crippen LogP contribution in [-0.2, 0) is 6.54 Å². The van der Waals surface area contributed by atoms with Crippen LogP contribution in [0.25, 0.3) is 0 Å². The van der Waals surface area contributed by atoms with Crippen molar-refractivity contribution in [2.24, 2.45) is 11.3 Å². The molecule has 0 spiro atoms. The second kappa shape index (κ2) is 8.63. The fraction of sp³-hybridized carbons (Fsp3) is 0.647. The van der Waals surface area contributed by atoms with Crippen LogP contribution < -0.4 is 10.1 Å². The van der Waals surface area contributed by atoms with Gasteiger partial charge in [-0.05, 0) is 51.3 Å². The molecule has 1 rings (SSSR count). The van der Waals surface area contributed by atoms with Gasteiger partial charge in [0.05, 0.1) is 30.0 Å². The van der Waals surface area contributed by atoms with Gasteiger partial charge < -0.3 is 10.1 Å². The summed E-state index contributed by atoms with van der Waals surface area (Å²) in [6.45, 7) is 10.7. The molecule has 0 saturated carbocycles. The quantitative estimate of drug-likeness (QED) is 0.706. The Morgan fingerprint density at radius 1 is 1.38 bits per heavy atom. The molecule has 0 aliphatic rings. The van der Waals surface area contributed by atoms with Gasteiger partial charge in [0.2, 0.25) is 0 Å². The van der Waals surface area contributed by atoms with Gasteiger partial charge in [-0.3, -0.25) is 4.98 Å². The number of ether oxygens (including phenoxy) is 1. The number of rotatable bonds is 9. The van der Waals surface area contributed by atoms with E-state index in [1.807, 2.05) is 26.0 Å². The summed E-state index contributed by atoms with van der Waals surface area (Å²) in [4.78, 5) is 4.38. The lowest BCUT2D eigenvalue weighted by Crippen LogP contribution is -2.19. The van der Waals surface area contributed by atoms with E-state index >= 15 is 0 Å². The van der Waals surface area contributed by atoms with Crippen molar-refractivity contribution >= 4 is 0 Å². The fourth-order valence-corrected chi connectivity index (χ4v) is 1.85. The third kappa shape index (κ3) is 7.67. The molecular formula is C17H27N3O. The third-order valence-corrected chi connectivity index (χ3v) is 3.17. The molecule has 0 radical (unpaired) electrons. The zero-order chi connectivity index (χ0) is 15.7. The van der Waals surface area contributed by atoms with E-state index in [9.17, 15) is 0 Å². The molecule has 0 aliphatic heterocycles. The Hall–Kier alpha value is -1.60. The van der Waals surface area contributed by atoms with Crippen LogP contribution in [0, 0.1) is 22.7 Å². The fourth-order valence-electron chi connectivity index (χ4n) is 1.85. The highest BCUT2D eigenvalue weighted by atomic mass is 16.5. The second-order valence-corrected chi connectivity index (χ2v) is 6.46. The van der Waals surface area contributed by atoms with Crippen LogP contribution in [0.3, 0.4) is 0 Å². The summed E-state index contributed by atoms with van der Waals surface area (Å²) >= 11 is 0. The third-order valence-electron chi connectivity index (χ3n) is 3.17. The zero-order valence-corrected chi connectivity index (χ0v) is 13.6. The first kappa shape index (κ1) is 17.5. The Bertz CT molecular complexity index is 446. The molecule has 1 heterocycles. The average molecular weight is 289 g/mol. The minimum Gasteiger partial charge on any atom is -0.492 e. The number of pyridine rings is 1. The molecule has 4 heteroatoms. The highest BCUT2D eigenvalue weighted by Crippen LogP contribution is 2.20. The van der Waals surface area contributed by atoms with Gasteiger partial charge >= 0.3 is 0 Å². The van der Waals surface area contributed by atoms with Crippen LogP contribution in [0.4, 0.5) is 0 Å². The number of nitriles is 1. The van der Waals surface area contributed by atoms with E-state index in [4.69, 9.17) is 10.00 Å². The zero-order valence-electron chi connectivity index (χ0n) is 13.6. The van der Waals surface area contributed by atoms with Crippen LogP contribution in [0.15, 0.2) is 18.3 Å². The number of aromatic nitrogens is 1. The molecule has 1 N–H and O–H groups in total. The first-order valence-corrected chi connectivity index (χ1v) is 7.62. The molecule has 0 unspecified atom stereocenters. The standard InChI is InChI=1S/C17H27N3O/c1-14(2)10-19-11-15-6-7-16(12-20-15)21-9-5-8-17(3,4)13-18/h6-7,12,14,19H,5,8-11H2,1-4H3. The van der Waals surface area contributed by atoms with Crippen LogP contribution in [0.5, 0.6) is 5.75 Å². The largest absolute Gasteiger partial charge is 0.492 e. The Labute approximate surface area is 128 Å². The van der Waals surface area contributed by atoms with Gasteiger partial charge in [-0.2, -0.15) is 5.26 Å². The van der Waals surface area contributed by atoms with Crippen LogP contribution in [0.1, 0.15) is 46.2 Å². The van der Waals surface area contributed by atoms with Crippen molar-refractivity contribution < 1.29 is 4.74 Å². The van der Waals surface area contributed by atoms with Crippen molar-refractivity contribution in [2.45, 2.75) is 47.1 Å². The van der Waals surface area contributed by atoms with Crippen LogP contribution in [-0.4, -0.2) is 18.1 Å². The van der Waals surface area contributed by atoms with Gasteiger partial charge in [0.1, 0.15) is 5.75 Å². The van der Waals surface area contributed by atoms with E-state index in [2.05, 4.69) is 30.2 Å². The summed E-state index contributed by atoms with van der Waals surface area (Å²) in [5, 5.41) is 12.3. The average Bonchev–Trinajstić information content (AvgIpc) is 2.45. The van der Waals surface area contributed by atoms with Gasteiger partial charge in [0.15, 0.2) is 0 Å². The molecule has 1 aromatic heterocycles. The van der Waals surface area contributed by atoms with Gasteiger partial charge in [-0.25, -0.2) is 0 Å². The number of nitrogens with one attached hydrogen (secondary N) is 1. The lowest BCUT2D eigenvalue weighted by molar-refractivity contribution is 0.283. The Kier molecular flexibility index (Phi) is 7.18. The van der Waals surface area contributed by atoms with Crippen molar-refractivity contribution in [3.05, 3.63) is 24.0 Å². The van der Waals surface area contributed by atoms with Crippen molar-refractivity contribution in [3.63, 3.8) is 0 Å². The molecule has 0 amide bonds.